The maximum Gasteiger partial charge on any atom is 0.289 e. The molecule has 2 amide bonds. The van der Waals surface area contributed by atoms with Crippen LogP contribution in [-0.4, -0.2) is 43.4 Å². The van der Waals surface area contributed by atoms with Crippen molar-refractivity contribution in [2.24, 2.45) is 0 Å². The van der Waals surface area contributed by atoms with Gasteiger partial charge in [0.25, 0.3) is 17.4 Å². The molecule has 0 fully saturated rings. The summed E-state index contributed by atoms with van der Waals surface area (Å²) in [6.45, 7) is 0.802. The van der Waals surface area contributed by atoms with Gasteiger partial charge in [-0.1, -0.05) is 0 Å². The van der Waals surface area contributed by atoms with Gasteiger partial charge in [0.1, 0.15) is 0 Å². The average molecular weight is 403 g/mol. The van der Waals surface area contributed by atoms with E-state index in [9.17, 15) is 14.4 Å². The summed E-state index contributed by atoms with van der Waals surface area (Å²) in [5.41, 5.74) is 1.87. The first-order valence-electron chi connectivity index (χ1n) is 8.44. The molecule has 1 aliphatic heterocycles. The Balaban J connectivity index is 1.44. The molecule has 0 spiro atoms. The maximum absolute atomic E-state index is 12.5. The second kappa shape index (κ2) is 7.31. The number of nitrogens with zero attached hydrogens (tertiary/aromatic N) is 3. The Labute approximate surface area is 162 Å². The molecule has 144 valence electrons. The number of hydrogen-bond acceptors (Lipinski definition) is 6. The zero-order valence-corrected chi connectivity index (χ0v) is 15.2. The van der Waals surface area contributed by atoms with Crippen LogP contribution in [-0.2, 0) is 19.5 Å². The Morgan fingerprint density at radius 1 is 1.36 bits per heavy atom. The molecule has 28 heavy (non-hydrogen) atoms. The van der Waals surface area contributed by atoms with Gasteiger partial charge in [0.2, 0.25) is 0 Å². The van der Waals surface area contributed by atoms with E-state index in [4.69, 9.17) is 16.0 Å². The van der Waals surface area contributed by atoms with Gasteiger partial charge in [-0.25, -0.2) is 4.98 Å². The molecule has 0 unspecified atom stereocenters. The van der Waals surface area contributed by atoms with Crippen LogP contribution in [0.1, 0.15) is 38.0 Å². The number of fused-ring (bicyclic) bond motifs is 1. The minimum absolute atomic E-state index is 0.105. The quantitative estimate of drug-likeness (QED) is 0.592. The van der Waals surface area contributed by atoms with E-state index in [-0.39, 0.29) is 47.1 Å². The highest BCUT2D eigenvalue weighted by Gasteiger charge is 2.29. The molecular weight excluding hydrogens is 388 g/mol. The Morgan fingerprint density at radius 2 is 2.21 bits per heavy atom. The predicted octanol–water partition coefficient (Wildman–Crippen LogP) is 0.868. The summed E-state index contributed by atoms with van der Waals surface area (Å²) in [5, 5.41) is 9.76. The van der Waals surface area contributed by atoms with E-state index in [1.54, 1.807) is 4.90 Å². The lowest BCUT2D eigenvalue weighted by Crippen LogP contribution is -2.36. The fraction of sp³-hybridized carbons (Fsp3) is 0.235. The van der Waals surface area contributed by atoms with Crippen LogP contribution < -0.4 is 10.9 Å². The number of H-pyrrole nitrogens is 2. The molecule has 4 heterocycles. The maximum atomic E-state index is 12.5. The Morgan fingerprint density at radius 3 is 2.96 bits per heavy atom. The SMILES string of the molecule is O=C(NCc1cc(=O)[nH]cn1)c1n[nH]c2c1CCN(C(=O)c1ccc(Cl)o1)C2. The predicted molar refractivity (Wildman–Crippen MR) is 96.8 cm³/mol. The summed E-state index contributed by atoms with van der Waals surface area (Å²) >= 11 is 5.72. The van der Waals surface area contributed by atoms with Crippen molar-refractivity contribution >= 4 is 23.4 Å². The zero-order valence-electron chi connectivity index (χ0n) is 14.5. The van der Waals surface area contributed by atoms with E-state index in [2.05, 4.69) is 25.5 Å². The van der Waals surface area contributed by atoms with Crippen LogP contribution >= 0.6 is 11.6 Å². The van der Waals surface area contributed by atoms with Crippen molar-refractivity contribution in [1.29, 1.82) is 0 Å². The summed E-state index contributed by atoms with van der Waals surface area (Å²) in [6, 6.07) is 4.34. The average Bonchev–Trinajstić information content (AvgIpc) is 3.31. The van der Waals surface area contributed by atoms with Crippen LogP contribution in [0.4, 0.5) is 0 Å². The van der Waals surface area contributed by atoms with Crippen molar-refractivity contribution in [2.45, 2.75) is 19.5 Å². The first kappa shape index (κ1) is 18.0. The molecule has 0 radical (unpaired) electrons. The van der Waals surface area contributed by atoms with Crippen LogP contribution in [0, 0.1) is 0 Å². The van der Waals surface area contributed by atoms with Gasteiger partial charge >= 0.3 is 0 Å². The van der Waals surface area contributed by atoms with Crippen molar-refractivity contribution < 1.29 is 14.0 Å². The van der Waals surface area contributed by atoms with E-state index < -0.39 is 0 Å². The highest BCUT2D eigenvalue weighted by atomic mass is 35.5. The third-order valence-electron chi connectivity index (χ3n) is 4.38. The molecule has 3 aromatic rings. The van der Waals surface area contributed by atoms with E-state index in [1.165, 1.54) is 24.5 Å². The van der Waals surface area contributed by atoms with Gasteiger partial charge in [-0.15, -0.1) is 0 Å². The number of rotatable bonds is 4. The Hall–Kier alpha value is -3.40. The van der Waals surface area contributed by atoms with E-state index >= 15 is 0 Å². The second-order valence-electron chi connectivity index (χ2n) is 6.19. The third kappa shape index (κ3) is 3.54. The molecule has 0 saturated heterocycles. The summed E-state index contributed by atoms with van der Waals surface area (Å²) in [7, 11) is 0. The number of furan rings is 1. The molecule has 3 N–H and O–H groups in total. The lowest BCUT2D eigenvalue weighted by Gasteiger charge is -2.26. The summed E-state index contributed by atoms with van der Waals surface area (Å²) < 4.78 is 5.17. The molecule has 0 aromatic carbocycles. The van der Waals surface area contributed by atoms with Crippen LogP contribution in [0.3, 0.4) is 0 Å². The molecule has 3 aromatic heterocycles. The van der Waals surface area contributed by atoms with Crippen LogP contribution in [0.5, 0.6) is 0 Å². The minimum atomic E-state index is -0.378. The van der Waals surface area contributed by atoms with Crippen LogP contribution in [0.2, 0.25) is 5.22 Å². The van der Waals surface area contributed by atoms with Crippen molar-refractivity contribution in [2.75, 3.05) is 6.54 Å². The lowest BCUT2D eigenvalue weighted by atomic mass is 10.0. The van der Waals surface area contributed by atoms with Gasteiger partial charge in [0.05, 0.1) is 30.8 Å². The minimum Gasteiger partial charge on any atom is -0.440 e. The van der Waals surface area contributed by atoms with Gasteiger partial charge in [-0.2, -0.15) is 5.10 Å². The van der Waals surface area contributed by atoms with E-state index in [0.29, 0.717) is 24.4 Å². The summed E-state index contributed by atoms with van der Waals surface area (Å²) in [5.74, 6) is -0.494. The smallest absolute Gasteiger partial charge is 0.289 e. The molecular formula is C17H15ClN6O4. The van der Waals surface area contributed by atoms with Gasteiger partial charge in [-0.3, -0.25) is 19.5 Å². The standard InChI is InChI=1S/C17H15ClN6O4/c18-13-2-1-12(28-13)17(27)24-4-3-10-11(7-24)22-23-15(10)16(26)19-6-9-5-14(25)21-8-20-9/h1-2,5,8H,3-4,6-7H2,(H,19,26)(H,22,23)(H,20,21,25). The van der Waals surface area contributed by atoms with Crippen molar-refractivity contribution in [3.63, 3.8) is 0 Å². The number of carbonyl (C=O) groups excluding carboxylic acids is 2. The van der Waals surface area contributed by atoms with Crippen molar-refractivity contribution in [1.82, 2.24) is 30.4 Å². The Bertz CT molecular complexity index is 1100. The normalized spacial score (nSPS) is 13.2. The van der Waals surface area contributed by atoms with Crippen molar-refractivity contribution in [3.8, 4) is 0 Å². The largest absolute Gasteiger partial charge is 0.440 e. The Kier molecular flexibility index (Phi) is 4.70. The van der Waals surface area contributed by atoms with Crippen LogP contribution in [0.25, 0.3) is 0 Å². The van der Waals surface area contributed by atoms with Crippen molar-refractivity contribution in [3.05, 3.63) is 68.5 Å². The molecule has 0 saturated carbocycles. The number of aromatic amines is 2. The van der Waals surface area contributed by atoms with E-state index in [1.807, 2.05) is 0 Å². The highest BCUT2D eigenvalue weighted by Crippen LogP contribution is 2.23. The number of aromatic nitrogens is 4. The number of halogens is 1. The summed E-state index contributed by atoms with van der Waals surface area (Å²) in [4.78, 5) is 44.2. The van der Waals surface area contributed by atoms with Gasteiger partial charge < -0.3 is 19.6 Å². The molecule has 0 atom stereocenters. The van der Waals surface area contributed by atoms with Gasteiger partial charge in [0.15, 0.2) is 16.7 Å². The van der Waals surface area contributed by atoms with Gasteiger partial charge in [0, 0.05) is 18.2 Å². The number of nitrogens with one attached hydrogen (secondary N) is 3. The fourth-order valence-corrected chi connectivity index (χ4v) is 3.17. The molecule has 1 aliphatic rings. The number of amides is 2. The molecule has 0 aliphatic carbocycles. The van der Waals surface area contributed by atoms with Crippen LogP contribution in [0.15, 0.2) is 33.7 Å². The monoisotopic (exact) mass is 402 g/mol. The van der Waals surface area contributed by atoms with E-state index in [0.717, 1.165) is 5.56 Å². The summed E-state index contributed by atoms with van der Waals surface area (Å²) in [6.07, 6.45) is 1.75. The first-order valence-corrected chi connectivity index (χ1v) is 8.81. The topological polar surface area (TPSA) is 137 Å². The highest BCUT2D eigenvalue weighted by molar-refractivity contribution is 6.29. The second-order valence-corrected chi connectivity index (χ2v) is 6.57. The molecule has 0 bridgehead atoms. The molecule has 4 rings (SSSR count). The number of hydrogen-bond donors (Lipinski definition) is 3. The number of carbonyl (C=O) groups is 2. The first-order chi connectivity index (χ1) is 13.5. The lowest BCUT2D eigenvalue weighted by molar-refractivity contribution is 0.0700. The van der Waals surface area contributed by atoms with Gasteiger partial charge in [-0.05, 0) is 30.2 Å². The fourth-order valence-electron chi connectivity index (χ4n) is 3.02. The third-order valence-corrected chi connectivity index (χ3v) is 4.59. The molecule has 11 heteroatoms. The zero-order chi connectivity index (χ0) is 19.7. The molecule has 10 nitrogen and oxygen atoms in total.